The zero-order valence-electron chi connectivity index (χ0n) is 16.9. The van der Waals surface area contributed by atoms with Crippen molar-refractivity contribution in [2.45, 2.75) is 32.4 Å². The number of hydrogen-bond donors (Lipinski definition) is 4. The molecule has 4 N–H and O–H groups in total. The molecule has 1 aromatic carbocycles. The second kappa shape index (κ2) is 10.3. The van der Waals surface area contributed by atoms with Gasteiger partial charge in [-0.1, -0.05) is 29.3 Å². The Hall–Kier alpha value is -3.11. The molecule has 1 unspecified atom stereocenters. The van der Waals surface area contributed by atoms with Crippen molar-refractivity contribution in [1.82, 2.24) is 20.2 Å². The zero-order chi connectivity index (χ0) is 23.3. The third kappa shape index (κ3) is 6.19. The van der Waals surface area contributed by atoms with Crippen molar-refractivity contribution in [2.75, 3.05) is 12.4 Å². The van der Waals surface area contributed by atoms with Crippen molar-refractivity contribution in [3.05, 3.63) is 56.1 Å². The summed E-state index contributed by atoms with van der Waals surface area (Å²) in [7, 11) is 1.53. The Labute approximate surface area is 187 Å². The highest BCUT2D eigenvalue weighted by Crippen LogP contribution is 2.25. The number of rotatable bonds is 7. The minimum absolute atomic E-state index is 0.0175. The summed E-state index contributed by atoms with van der Waals surface area (Å²) in [6.07, 6.45) is 0.861. The summed E-state index contributed by atoms with van der Waals surface area (Å²) in [6.45, 7) is 3.55. The van der Waals surface area contributed by atoms with Crippen LogP contribution in [0.2, 0.25) is 10.0 Å². The van der Waals surface area contributed by atoms with Gasteiger partial charge in [0.25, 0.3) is 5.91 Å². The van der Waals surface area contributed by atoms with Crippen LogP contribution in [0.1, 0.15) is 29.8 Å². The van der Waals surface area contributed by atoms with Crippen LogP contribution < -0.4 is 16.3 Å². The van der Waals surface area contributed by atoms with E-state index < -0.39 is 29.6 Å². The number of hydrogen-bond acceptors (Lipinski definition) is 5. The van der Waals surface area contributed by atoms with Crippen molar-refractivity contribution < 1.29 is 19.5 Å². The molecule has 3 amide bonds. The van der Waals surface area contributed by atoms with E-state index in [2.05, 4.69) is 20.6 Å². The molecular weight excluding hydrogens is 449 g/mol. The van der Waals surface area contributed by atoms with E-state index in [1.807, 2.05) is 0 Å². The molecule has 0 saturated carbocycles. The molecule has 1 heterocycles. The number of carbonyl (C=O) groups excluding carboxylic acids is 2. The molecule has 12 heteroatoms. The predicted octanol–water partition coefficient (Wildman–Crippen LogP) is 2.37. The van der Waals surface area contributed by atoms with Gasteiger partial charge >= 0.3 is 17.7 Å². The van der Waals surface area contributed by atoms with E-state index in [0.717, 1.165) is 6.20 Å². The van der Waals surface area contributed by atoms with Gasteiger partial charge in [0.2, 0.25) is 0 Å². The molecule has 0 aliphatic rings. The second-order valence-corrected chi connectivity index (χ2v) is 7.70. The summed E-state index contributed by atoms with van der Waals surface area (Å²) >= 11 is 12.1. The van der Waals surface area contributed by atoms with Gasteiger partial charge in [-0.2, -0.15) is 0 Å². The molecule has 1 atom stereocenters. The maximum atomic E-state index is 12.7. The van der Waals surface area contributed by atoms with E-state index in [-0.39, 0.29) is 39.5 Å². The van der Waals surface area contributed by atoms with E-state index in [9.17, 15) is 24.3 Å². The summed E-state index contributed by atoms with van der Waals surface area (Å²) < 4.78 is 0. The van der Waals surface area contributed by atoms with Gasteiger partial charge in [0.1, 0.15) is 11.9 Å². The lowest BCUT2D eigenvalue weighted by molar-refractivity contribution is -0.139. The van der Waals surface area contributed by atoms with Gasteiger partial charge in [-0.25, -0.2) is 19.4 Å². The maximum absolute atomic E-state index is 12.7. The fourth-order valence-corrected chi connectivity index (χ4v) is 3.05. The number of anilines is 1. The molecule has 0 fully saturated rings. The van der Waals surface area contributed by atoms with Crippen LogP contribution in [0.5, 0.6) is 0 Å². The number of aromatic amines is 1. The van der Waals surface area contributed by atoms with Crippen LogP contribution in [0.3, 0.4) is 0 Å². The van der Waals surface area contributed by atoms with Crippen molar-refractivity contribution in [3.8, 4) is 0 Å². The van der Waals surface area contributed by atoms with Crippen LogP contribution in [0.25, 0.3) is 0 Å². The lowest BCUT2D eigenvalue weighted by Gasteiger charge is -2.24. The fourth-order valence-electron chi connectivity index (χ4n) is 2.48. The van der Waals surface area contributed by atoms with E-state index in [1.165, 1.54) is 24.1 Å². The standard InChI is InChI=1S/C19H21Cl2N5O5/c1-9(2)26(3)19(31)23-13(17(28)29)7-10-8-22-18(30)25-15(10)24-16(27)14-11(20)5-4-6-12(14)21/h4-6,8-9,13H,7H2,1-3H3,(H,23,31)(H,28,29)(H2,22,24,25,27,30). The number of benzene rings is 1. The number of amides is 3. The summed E-state index contributed by atoms with van der Waals surface area (Å²) in [5, 5.41) is 14.6. The summed E-state index contributed by atoms with van der Waals surface area (Å²) in [6, 6.07) is 2.42. The Morgan fingerprint density at radius 1 is 1.23 bits per heavy atom. The molecular formula is C19H21Cl2N5O5. The van der Waals surface area contributed by atoms with E-state index >= 15 is 0 Å². The molecule has 0 radical (unpaired) electrons. The zero-order valence-corrected chi connectivity index (χ0v) is 18.4. The average molecular weight is 470 g/mol. The number of nitrogens with zero attached hydrogens (tertiary/aromatic N) is 2. The number of aliphatic carboxylic acids is 1. The Balaban J connectivity index is 2.31. The van der Waals surface area contributed by atoms with Crippen LogP contribution >= 0.6 is 23.2 Å². The van der Waals surface area contributed by atoms with Gasteiger partial charge in [0.15, 0.2) is 0 Å². The largest absolute Gasteiger partial charge is 0.480 e. The molecule has 10 nitrogen and oxygen atoms in total. The lowest BCUT2D eigenvalue weighted by Crippen LogP contribution is -2.49. The van der Waals surface area contributed by atoms with Crippen molar-refractivity contribution in [3.63, 3.8) is 0 Å². The molecule has 2 aromatic rings. The number of urea groups is 1. The normalized spacial score (nSPS) is 11.7. The molecule has 1 aromatic heterocycles. The van der Waals surface area contributed by atoms with Crippen LogP contribution in [0, 0.1) is 0 Å². The van der Waals surface area contributed by atoms with Crippen molar-refractivity contribution >= 4 is 46.9 Å². The number of carbonyl (C=O) groups is 3. The summed E-state index contributed by atoms with van der Waals surface area (Å²) in [5.41, 5.74) is -0.605. The minimum atomic E-state index is -1.35. The molecule has 0 aliphatic heterocycles. The molecule has 0 saturated heterocycles. The Morgan fingerprint density at radius 2 is 1.84 bits per heavy atom. The van der Waals surface area contributed by atoms with E-state index in [0.29, 0.717) is 0 Å². The molecule has 0 bridgehead atoms. The van der Waals surface area contributed by atoms with Gasteiger partial charge in [-0.3, -0.25) is 9.78 Å². The topological polar surface area (TPSA) is 144 Å². The molecule has 2 rings (SSSR count). The second-order valence-electron chi connectivity index (χ2n) is 6.89. The van der Waals surface area contributed by atoms with Gasteiger partial charge < -0.3 is 20.6 Å². The summed E-state index contributed by atoms with van der Waals surface area (Å²) in [4.78, 5) is 55.6. The first-order valence-corrected chi connectivity index (χ1v) is 9.86. The fraction of sp³-hybridized carbons (Fsp3) is 0.316. The molecule has 0 spiro atoms. The SMILES string of the molecule is CC(C)N(C)C(=O)NC(Cc1cnc(=O)[nH]c1NC(=O)c1c(Cl)cccc1Cl)C(=O)O. The quantitative estimate of drug-likeness (QED) is 0.489. The number of carboxylic acid groups (broad SMARTS) is 1. The number of aromatic nitrogens is 2. The predicted molar refractivity (Wildman–Crippen MR) is 116 cm³/mol. The Morgan fingerprint density at radius 3 is 2.39 bits per heavy atom. The highest BCUT2D eigenvalue weighted by atomic mass is 35.5. The lowest BCUT2D eigenvalue weighted by atomic mass is 10.1. The first-order chi connectivity index (χ1) is 14.5. The molecule has 0 aliphatic carbocycles. The van der Waals surface area contributed by atoms with Gasteiger partial charge in [-0.15, -0.1) is 0 Å². The first kappa shape index (κ1) is 24.2. The summed E-state index contributed by atoms with van der Waals surface area (Å²) in [5.74, 6) is -2.10. The van der Waals surface area contributed by atoms with E-state index in [1.54, 1.807) is 19.9 Å². The maximum Gasteiger partial charge on any atom is 0.346 e. The Bertz CT molecular complexity index is 1040. The number of H-pyrrole nitrogens is 1. The minimum Gasteiger partial charge on any atom is -0.480 e. The van der Waals surface area contributed by atoms with Crippen molar-refractivity contribution in [2.24, 2.45) is 0 Å². The van der Waals surface area contributed by atoms with E-state index in [4.69, 9.17) is 23.2 Å². The van der Waals surface area contributed by atoms with Crippen molar-refractivity contribution in [1.29, 1.82) is 0 Å². The third-order valence-electron chi connectivity index (χ3n) is 4.43. The first-order valence-electron chi connectivity index (χ1n) is 9.11. The molecule has 31 heavy (non-hydrogen) atoms. The number of halogens is 2. The molecule has 166 valence electrons. The monoisotopic (exact) mass is 469 g/mol. The van der Waals surface area contributed by atoms with Crippen LogP contribution in [-0.4, -0.2) is 57.0 Å². The number of nitrogens with one attached hydrogen (secondary N) is 3. The third-order valence-corrected chi connectivity index (χ3v) is 5.06. The highest BCUT2D eigenvalue weighted by molar-refractivity contribution is 6.40. The van der Waals surface area contributed by atoms with Crippen LogP contribution in [0.4, 0.5) is 10.6 Å². The average Bonchev–Trinajstić information content (AvgIpc) is 2.68. The van der Waals surface area contributed by atoms with Gasteiger partial charge in [-0.05, 0) is 26.0 Å². The van der Waals surface area contributed by atoms with Crippen LogP contribution in [-0.2, 0) is 11.2 Å². The van der Waals surface area contributed by atoms with Gasteiger partial charge in [0, 0.05) is 31.3 Å². The van der Waals surface area contributed by atoms with Crippen LogP contribution in [0.15, 0.2) is 29.2 Å². The number of carboxylic acids is 1. The smallest absolute Gasteiger partial charge is 0.346 e. The van der Waals surface area contributed by atoms with Gasteiger partial charge in [0.05, 0.1) is 15.6 Å². The Kier molecular flexibility index (Phi) is 8.01. The highest BCUT2D eigenvalue weighted by Gasteiger charge is 2.25.